The first-order chi connectivity index (χ1) is 22.0. The Morgan fingerprint density at radius 1 is 1.02 bits per heavy atom. The molecule has 2 atom stereocenters. The third-order valence-corrected chi connectivity index (χ3v) is 9.54. The van der Waals surface area contributed by atoms with E-state index in [1.807, 2.05) is 56.0 Å². The fourth-order valence-corrected chi connectivity index (χ4v) is 7.23. The number of benzene rings is 3. The van der Waals surface area contributed by atoms with E-state index in [0.717, 1.165) is 18.4 Å². The fraction of sp³-hybridized carbons (Fsp3) is 0.378. The first-order valence-corrected chi connectivity index (χ1v) is 16.3. The van der Waals surface area contributed by atoms with E-state index in [2.05, 4.69) is 5.32 Å². The molecule has 2 amide bonds. The van der Waals surface area contributed by atoms with E-state index in [0.29, 0.717) is 58.6 Å². The van der Waals surface area contributed by atoms with E-state index >= 15 is 0 Å². The quantitative estimate of drug-likeness (QED) is 0.258. The zero-order valence-corrected chi connectivity index (χ0v) is 27.3. The maximum Gasteiger partial charge on any atom is 0.228 e. The number of rotatable bonds is 7. The number of fused-ring (bicyclic) bond motifs is 1. The summed E-state index contributed by atoms with van der Waals surface area (Å²) in [5.74, 6) is 0.00146. The number of likely N-dealkylation sites (tertiary alicyclic amines) is 1. The van der Waals surface area contributed by atoms with Crippen LogP contribution in [0, 0.1) is 5.41 Å². The first kappa shape index (κ1) is 31.7. The average molecular weight is 642 g/mol. The highest BCUT2D eigenvalue weighted by Gasteiger charge is 2.44. The van der Waals surface area contributed by atoms with Crippen LogP contribution in [-0.2, 0) is 21.0 Å². The number of carbonyl (C=O) groups excluding carboxylic acids is 3. The number of ketones is 1. The second-order valence-corrected chi connectivity index (χ2v) is 13.7. The number of phenols is 1. The number of carbonyl (C=O) groups is 3. The minimum atomic E-state index is -0.891. The number of hydrogen-bond donors (Lipinski definition) is 2. The van der Waals surface area contributed by atoms with Crippen LogP contribution < -0.4 is 15.0 Å². The number of amides is 2. The van der Waals surface area contributed by atoms with Crippen LogP contribution in [0.4, 0.5) is 11.4 Å². The van der Waals surface area contributed by atoms with Gasteiger partial charge in [-0.15, -0.1) is 0 Å². The van der Waals surface area contributed by atoms with Crippen molar-refractivity contribution in [2.24, 2.45) is 5.41 Å². The fourth-order valence-electron chi connectivity index (χ4n) is 6.95. The number of aromatic hydroxyl groups is 1. The van der Waals surface area contributed by atoms with Gasteiger partial charge in [0.15, 0.2) is 5.78 Å². The summed E-state index contributed by atoms with van der Waals surface area (Å²) in [5.41, 5.74) is 3.06. The highest BCUT2D eigenvalue weighted by Crippen LogP contribution is 2.51. The van der Waals surface area contributed by atoms with Gasteiger partial charge < -0.3 is 20.1 Å². The summed E-state index contributed by atoms with van der Waals surface area (Å²) in [6.07, 6.45) is 2.70. The lowest BCUT2D eigenvalue weighted by atomic mass is 9.73. The Bertz CT molecular complexity index is 1700. The number of para-hydroxylation sites is 1. The van der Waals surface area contributed by atoms with E-state index in [1.165, 1.54) is 0 Å². The lowest BCUT2D eigenvalue weighted by molar-refractivity contribution is -0.133. The number of hydrogen-bond acceptors (Lipinski definition) is 6. The van der Waals surface area contributed by atoms with E-state index < -0.39 is 6.04 Å². The minimum Gasteiger partial charge on any atom is -0.506 e. The third kappa shape index (κ3) is 6.36. The van der Waals surface area contributed by atoms with Crippen LogP contribution in [0.2, 0.25) is 5.02 Å². The van der Waals surface area contributed by atoms with Crippen molar-refractivity contribution < 1.29 is 24.2 Å². The third-order valence-electron chi connectivity index (χ3n) is 9.22. The van der Waals surface area contributed by atoms with Gasteiger partial charge in [0.2, 0.25) is 11.8 Å². The first-order valence-electron chi connectivity index (χ1n) is 16.0. The molecule has 1 saturated heterocycles. The number of halogens is 1. The highest BCUT2D eigenvalue weighted by molar-refractivity contribution is 6.31. The van der Waals surface area contributed by atoms with Gasteiger partial charge >= 0.3 is 0 Å². The largest absolute Gasteiger partial charge is 0.506 e. The van der Waals surface area contributed by atoms with E-state index in [4.69, 9.17) is 16.3 Å². The van der Waals surface area contributed by atoms with Crippen molar-refractivity contribution in [3.05, 3.63) is 94.1 Å². The lowest BCUT2D eigenvalue weighted by Crippen LogP contribution is -2.40. The smallest absolute Gasteiger partial charge is 0.228 e. The van der Waals surface area contributed by atoms with Crippen molar-refractivity contribution in [1.82, 2.24) is 4.90 Å². The van der Waals surface area contributed by atoms with Crippen LogP contribution in [0.5, 0.6) is 11.5 Å². The van der Waals surface area contributed by atoms with Gasteiger partial charge in [0.1, 0.15) is 23.8 Å². The van der Waals surface area contributed by atoms with E-state index in [9.17, 15) is 19.5 Å². The molecule has 8 nitrogen and oxygen atoms in total. The summed E-state index contributed by atoms with van der Waals surface area (Å²) in [4.78, 5) is 45.0. The highest BCUT2D eigenvalue weighted by atomic mass is 35.5. The molecule has 3 aromatic rings. The van der Waals surface area contributed by atoms with Gasteiger partial charge in [-0.1, -0.05) is 67.9 Å². The van der Waals surface area contributed by atoms with Crippen LogP contribution in [0.3, 0.4) is 0 Å². The molecule has 3 aromatic carbocycles. The SMILES string of the molecule is CC1CCCN1C(=O)CCC(=O)N1c2cccc(O)c2NC2=C(C(=O)CC(C)(C)C2)C1c1ccc(OCc2ccccc2)cc1Cl. The van der Waals surface area contributed by atoms with Crippen molar-refractivity contribution in [3.8, 4) is 11.5 Å². The van der Waals surface area contributed by atoms with E-state index in [-0.39, 0.29) is 54.1 Å². The van der Waals surface area contributed by atoms with Gasteiger partial charge in [0.25, 0.3) is 0 Å². The predicted molar refractivity (Wildman–Crippen MR) is 179 cm³/mol. The summed E-state index contributed by atoms with van der Waals surface area (Å²) in [7, 11) is 0. The number of nitrogens with zero attached hydrogens (tertiary/aromatic N) is 2. The molecule has 1 fully saturated rings. The van der Waals surface area contributed by atoms with Gasteiger partial charge in [0, 0.05) is 48.1 Å². The summed E-state index contributed by atoms with van der Waals surface area (Å²) in [6, 6.07) is 19.3. The Hall–Kier alpha value is -4.30. The Morgan fingerprint density at radius 2 is 1.78 bits per heavy atom. The van der Waals surface area contributed by atoms with Crippen molar-refractivity contribution in [3.63, 3.8) is 0 Å². The van der Waals surface area contributed by atoms with E-state index in [1.54, 1.807) is 41.3 Å². The maximum absolute atomic E-state index is 14.4. The molecule has 6 rings (SSSR count). The second-order valence-electron chi connectivity index (χ2n) is 13.3. The molecule has 9 heteroatoms. The molecule has 0 bridgehead atoms. The molecule has 0 spiro atoms. The van der Waals surface area contributed by atoms with Crippen molar-refractivity contribution >= 4 is 40.6 Å². The van der Waals surface area contributed by atoms with Gasteiger partial charge in [0.05, 0.1) is 11.7 Å². The molecule has 46 heavy (non-hydrogen) atoms. The van der Waals surface area contributed by atoms with Crippen molar-refractivity contribution in [1.29, 1.82) is 0 Å². The normalized spacial score (nSPS) is 20.5. The summed E-state index contributed by atoms with van der Waals surface area (Å²) in [5, 5.41) is 14.7. The van der Waals surface area contributed by atoms with Gasteiger partial charge in [-0.2, -0.15) is 0 Å². The summed E-state index contributed by atoms with van der Waals surface area (Å²) >= 11 is 7.01. The molecule has 1 aliphatic carbocycles. The minimum absolute atomic E-state index is 0.0425. The Morgan fingerprint density at radius 3 is 2.50 bits per heavy atom. The van der Waals surface area contributed by atoms with Crippen molar-refractivity contribution in [2.45, 2.75) is 78.0 Å². The van der Waals surface area contributed by atoms with Crippen LogP contribution in [0.1, 0.15) is 76.5 Å². The van der Waals surface area contributed by atoms with Crippen LogP contribution in [0.25, 0.3) is 0 Å². The second kappa shape index (κ2) is 12.8. The number of allylic oxidation sites excluding steroid dienone is 1. The van der Waals surface area contributed by atoms with Crippen LogP contribution >= 0.6 is 11.6 Å². The molecule has 2 N–H and O–H groups in total. The zero-order valence-electron chi connectivity index (χ0n) is 26.5. The molecule has 3 aliphatic rings. The van der Waals surface area contributed by atoms with Crippen LogP contribution in [-0.4, -0.2) is 40.2 Å². The Kier molecular flexibility index (Phi) is 8.84. The molecule has 2 heterocycles. The number of anilines is 2. The predicted octanol–water partition coefficient (Wildman–Crippen LogP) is 7.56. The average Bonchev–Trinajstić information content (AvgIpc) is 3.39. The summed E-state index contributed by atoms with van der Waals surface area (Å²) in [6.45, 7) is 7.13. The molecule has 240 valence electrons. The maximum atomic E-state index is 14.4. The monoisotopic (exact) mass is 641 g/mol. The van der Waals surface area contributed by atoms with Gasteiger partial charge in [-0.3, -0.25) is 19.3 Å². The molecule has 0 saturated carbocycles. The number of phenolic OH excluding ortho intramolecular Hbond substituents is 1. The number of Topliss-reactive ketones (excluding diaryl/α,β-unsaturated/α-hetero) is 1. The standard InChI is InChI=1S/C37H40ClN3O5/c1-23-9-8-18-40(23)32(44)16-17-33(45)41-29-12-7-13-30(42)35(29)39-28-20-37(2,3)21-31(43)34(28)36(41)26-15-14-25(19-27(26)38)46-22-24-10-5-4-6-11-24/h4-7,10-15,19,23,36,39,42H,8-9,16-18,20-22H2,1-3H3. The number of ether oxygens (including phenoxy) is 1. The summed E-state index contributed by atoms with van der Waals surface area (Å²) < 4.78 is 6.03. The molecule has 2 aliphatic heterocycles. The molecule has 2 unspecified atom stereocenters. The molecular weight excluding hydrogens is 602 g/mol. The molecule has 0 radical (unpaired) electrons. The molecule has 0 aromatic heterocycles. The van der Waals surface area contributed by atoms with Gasteiger partial charge in [-0.05, 0) is 67.0 Å². The van der Waals surface area contributed by atoms with Crippen molar-refractivity contribution in [2.75, 3.05) is 16.8 Å². The Labute approximate surface area is 275 Å². The zero-order chi connectivity index (χ0) is 32.6. The topological polar surface area (TPSA) is 99.2 Å². The van der Waals surface area contributed by atoms with Crippen LogP contribution in [0.15, 0.2) is 78.0 Å². The van der Waals surface area contributed by atoms with Gasteiger partial charge in [-0.25, -0.2) is 0 Å². The lowest BCUT2D eigenvalue weighted by Gasteiger charge is -2.37. The number of nitrogens with one attached hydrogen (secondary N) is 1. The Balaban J connectivity index is 1.42. The molecular formula is C37H40ClN3O5.